The van der Waals surface area contributed by atoms with E-state index in [-0.39, 0.29) is 0 Å². The number of likely N-dealkylation sites (tertiary alicyclic amines) is 1. The number of piperidine rings is 1. The fourth-order valence-electron chi connectivity index (χ4n) is 4.34. The maximum atomic E-state index is 6.11. The van der Waals surface area contributed by atoms with Gasteiger partial charge in [0.1, 0.15) is 0 Å². The van der Waals surface area contributed by atoms with Crippen LogP contribution in [0.5, 0.6) is 0 Å². The summed E-state index contributed by atoms with van der Waals surface area (Å²) < 4.78 is 5.54. The van der Waals surface area contributed by atoms with Crippen molar-refractivity contribution in [2.45, 2.75) is 70.1 Å². The maximum absolute atomic E-state index is 6.11. The topological polar surface area (TPSA) is 50.5 Å². The molecule has 0 radical (unpaired) electrons. The lowest BCUT2D eigenvalue weighted by molar-refractivity contribution is -0.0105. The molecule has 1 aromatic rings. The number of hydrogen-bond acceptors (Lipinski definition) is 4. The standard InChI is InChI=1S/C20H33N3O/c1-15-4-5-18(21)19(14-15)22-16-8-12-23(13-9-16)20(2)10-6-17(24-3)7-11-20/h4-5,14,16-17,22H,6-13,21H2,1-3H3/t17-,20+. The van der Waals surface area contributed by atoms with Gasteiger partial charge in [0, 0.05) is 31.8 Å². The Balaban J connectivity index is 1.53. The number of nitrogens with one attached hydrogen (secondary N) is 1. The lowest BCUT2D eigenvalue weighted by atomic mass is 9.79. The molecule has 1 heterocycles. The summed E-state index contributed by atoms with van der Waals surface area (Å²) in [6.07, 6.45) is 7.77. The number of anilines is 2. The summed E-state index contributed by atoms with van der Waals surface area (Å²) in [5.41, 5.74) is 9.68. The number of nitrogen functional groups attached to an aromatic ring is 1. The van der Waals surface area contributed by atoms with E-state index in [0.29, 0.717) is 17.7 Å². The van der Waals surface area contributed by atoms with Crippen molar-refractivity contribution in [3.63, 3.8) is 0 Å². The third kappa shape index (κ3) is 3.86. The van der Waals surface area contributed by atoms with Crippen LogP contribution < -0.4 is 11.1 Å². The number of methoxy groups -OCH3 is 1. The van der Waals surface area contributed by atoms with Crippen LogP contribution in [-0.4, -0.2) is 42.8 Å². The molecule has 0 aromatic heterocycles. The molecule has 1 aliphatic carbocycles. The van der Waals surface area contributed by atoms with Crippen molar-refractivity contribution in [3.8, 4) is 0 Å². The van der Waals surface area contributed by atoms with Crippen LogP contribution in [0.1, 0.15) is 51.0 Å². The molecule has 2 aliphatic rings. The molecule has 1 saturated heterocycles. The Hall–Kier alpha value is -1.26. The van der Waals surface area contributed by atoms with Crippen molar-refractivity contribution in [1.29, 1.82) is 0 Å². The number of ether oxygens (including phenoxy) is 1. The van der Waals surface area contributed by atoms with E-state index in [4.69, 9.17) is 10.5 Å². The number of rotatable bonds is 4. The van der Waals surface area contributed by atoms with Crippen molar-refractivity contribution in [2.75, 3.05) is 31.2 Å². The number of hydrogen-bond donors (Lipinski definition) is 2. The Morgan fingerprint density at radius 3 is 2.46 bits per heavy atom. The van der Waals surface area contributed by atoms with E-state index in [2.05, 4.69) is 36.2 Å². The Kier molecular flexibility index (Phi) is 5.36. The van der Waals surface area contributed by atoms with E-state index in [0.717, 1.165) is 11.4 Å². The van der Waals surface area contributed by atoms with Crippen LogP contribution in [0.4, 0.5) is 11.4 Å². The highest BCUT2D eigenvalue weighted by molar-refractivity contribution is 5.67. The van der Waals surface area contributed by atoms with Crippen LogP contribution in [0.2, 0.25) is 0 Å². The van der Waals surface area contributed by atoms with Crippen LogP contribution in [-0.2, 0) is 4.74 Å². The molecular formula is C20H33N3O. The molecule has 1 aliphatic heterocycles. The Bertz CT molecular complexity index is 544. The lowest BCUT2D eigenvalue weighted by Gasteiger charge is -2.48. The number of nitrogens with zero attached hydrogens (tertiary/aromatic N) is 1. The van der Waals surface area contributed by atoms with Crippen LogP contribution in [0, 0.1) is 6.92 Å². The summed E-state index contributed by atoms with van der Waals surface area (Å²) in [6, 6.07) is 6.77. The minimum absolute atomic E-state index is 0.363. The minimum Gasteiger partial charge on any atom is -0.397 e. The fourth-order valence-corrected chi connectivity index (χ4v) is 4.34. The van der Waals surface area contributed by atoms with E-state index in [1.165, 1.54) is 57.2 Å². The molecule has 4 heteroatoms. The first-order valence-corrected chi connectivity index (χ1v) is 9.41. The molecule has 3 rings (SSSR count). The summed E-state index contributed by atoms with van der Waals surface area (Å²) in [5, 5.41) is 3.67. The molecular weight excluding hydrogens is 298 g/mol. The number of nitrogens with two attached hydrogens (primary N) is 1. The third-order valence-corrected chi connectivity index (χ3v) is 6.17. The summed E-state index contributed by atoms with van der Waals surface area (Å²) in [7, 11) is 1.85. The zero-order valence-corrected chi connectivity index (χ0v) is 15.5. The van der Waals surface area contributed by atoms with Gasteiger partial charge < -0.3 is 15.8 Å². The zero-order valence-electron chi connectivity index (χ0n) is 15.5. The predicted octanol–water partition coefficient (Wildman–Crippen LogP) is 3.80. The quantitative estimate of drug-likeness (QED) is 0.824. The highest BCUT2D eigenvalue weighted by Gasteiger charge is 2.37. The van der Waals surface area contributed by atoms with E-state index >= 15 is 0 Å². The molecule has 1 saturated carbocycles. The Labute approximate surface area is 146 Å². The minimum atomic E-state index is 0.363. The molecule has 0 spiro atoms. The molecule has 0 atom stereocenters. The van der Waals surface area contributed by atoms with Gasteiger partial charge in [0.25, 0.3) is 0 Å². The summed E-state index contributed by atoms with van der Waals surface area (Å²) in [6.45, 7) is 6.92. The third-order valence-electron chi connectivity index (χ3n) is 6.17. The lowest BCUT2D eigenvalue weighted by Crippen LogP contribution is -2.53. The Morgan fingerprint density at radius 1 is 1.17 bits per heavy atom. The van der Waals surface area contributed by atoms with E-state index in [1.807, 2.05) is 13.2 Å². The Morgan fingerprint density at radius 2 is 1.83 bits per heavy atom. The molecule has 0 unspecified atom stereocenters. The summed E-state index contributed by atoms with van der Waals surface area (Å²) in [5.74, 6) is 0. The van der Waals surface area contributed by atoms with Gasteiger partial charge in [-0.25, -0.2) is 0 Å². The van der Waals surface area contributed by atoms with Crippen LogP contribution >= 0.6 is 0 Å². The highest BCUT2D eigenvalue weighted by Crippen LogP contribution is 2.36. The molecule has 4 nitrogen and oxygen atoms in total. The molecule has 2 fully saturated rings. The van der Waals surface area contributed by atoms with Crippen molar-refractivity contribution in [3.05, 3.63) is 23.8 Å². The van der Waals surface area contributed by atoms with Crippen molar-refractivity contribution in [2.24, 2.45) is 0 Å². The van der Waals surface area contributed by atoms with Crippen LogP contribution in [0.3, 0.4) is 0 Å². The van der Waals surface area contributed by atoms with Crippen LogP contribution in [0.15, 0.2) is 18.2 Å². The van der Waals surface area contributed by atoms with Gasteiger partial charge in [0.2, 0.25) is 0 Å². The maximum Gasteiger partial charge on any atom is 0.0578 e. The first-order valence-electron chi connectivity index (χ1n) is 9.41. The second-order valence-corrected chi connectivity index (χ2v) is 7.93. The highest BCUT2D eigenvalue weighted by atomic mass is 16.5. The monoisotopic (exact) mass is 331 g/mol. The summed E-state index contributed by atoms with van der Waals surface area (Å²) in [4.78, 5) is 2.72. The molecule has 3 N–H and O–H groups in total. The smallest absolute Gasteiger partial charge is 0.0578 e. The van der Waals surface area contributed by atoms with Gasteiger partial charge in [0.15, 0.2) is 0 Å². The first kappa shape index (κ1) is 17.6. The van der Waals surface area contributed by atoms with E-state index < -0.39 is 0 Å². The summed E-state index contributed by atoms with van der Waals surface area (Å²) >= 11 is 0. The van der Waals surface area contributed by atoms with Crippen molar-refractivity contribution >= 4 is 11.4 Å². The van der Waals surface area contributed by atoms with Gasteiger partial charge >= 0.3 is 0 Å². The van der Waals surface area contributed by atoms with Crippen molar-refractivity contribution in [1.82, 2.24) is 4.90 Å². The average Bonchev–Trinajstić information content (AvgIpc) is 2.59. The van der Waals surface area contributed by atoms with Gasteiger partial charge in [0.05, 0.1) is 17.5 Å². The van der Waals surface area contributed by atoms with Crippen LogP contribution in [0.25, 0.3) is 0 Å². The predicted molar refractivity (Wildman–Crippen MR) is 101 cm³/mol. The molecule has 0 amide bonds. The molecule has 134 valence electrons. The van der Waals surface area contributed by atoms with E-state index in [1.54, 1.807) is 0 Å². The van der Waals surface area contributed by atoms with Gasteiger partial charge in [-0.15, -0.1) is 0 Å². The van der Waals surface area contributed by atoms with Gasteiger partial charge in [-0.05, 0) is 70.1 Å². The van der Waals surface area contributed by atoms with Gasteiger partial charge in [-0.3, -0.25) is 4.90 Å². The molecule has 0 bridgehead atoms. The molecule has 24 heavy (non-hydrogen) atoms. The number of aryl methyl sites for hydroxylation is 1. The second-order valence-electron chi connectivity index (χ2n) is 7.93. The SMILES string of the molecule is CO[C@H]1CC[C@@](C)(N2CCC(Nc3cc(C)ccc3N)CC2)CC1. The second kappa shape index (κ2) is 7.32. The van der Waals surface area contributed by atoms with Gasteiger partial charge in [-0.2, -0.15) is 0 Å². The molecule has 1 aromatic carbocycles. The normalized spacial score (nSPS) is 29.5. The number of benzene rings is 1. The van der Waals surface area contributed by atoms with Crippen molar-refractivity contribution < 1.29 is 4.74 Å². The van der Waals surface area contributed by atoms with Gasteiger partial charge in [-0.1, -0.05) is 6.07 Å². The first-order chi connectivity index (χ1) is 11.5. The zero-order chi connectivity index (χ0) is 17.2. The average molecular weight is 332 g/mol. The fraction of sp³-hybridized carbons (Fsp3) is 0.700. The largest absolute Gasteiger partial charge is 0.397 e. The van der Waals surface area contributed by atoms with E-state index in [9.17, 15) is 0 Å².